The van der Waals surface area contributed by atoms with E-state index >= 15 is 0 Å². The molecule has 0 saturated carbocycles. The first-order chi connectivity index (χ1) is 17.5. The first-order valence-corrected chi connectivity index (χ1v) is 12.3. The van der Waals surface area contributed by atoms with E-state index in [1.807, 2.05) is 20.8 Å². The average Bonchev–Trinajstić information content (AvgIpc) is 3.32. The molecule has 1 fully saturated rings. The SMILES string of the molecule is COCOc1cc(C(F)(F)F)ccc1-c1nnc(CC2CN(C(=O)OC(C)(C)C)CCO2)c2c1CCC2. The zero-order valence-electron chi connectivity index (χ0n) is 21.5. The third-order valence-electron chi connectivity index (χ3n) is 6.23. The molecule has 8 nitrogen and oxygen atoms in total. The number of methoxy groups -OCH3 is 1. The van der Waals surface area contributed by atoms with Gasteiger partial charge in [0.25, 0.3) is 0 Å². The lowest BCUT2D eigenvalue weighted by Gasteiger charge is -2.34. The number of amides is 1. The lowest BCUT2D eigenvalue weighted by Crippen LogP contribution is -2.48. The molecule has 1 unspecified atom stereocenters. The number of carbonyl (C=O) groups is 1. The van der Waals surface area contributed by atoms with Crippen LogP contribution in [0.25, 0.3) is 11.3 Å². The Balaban J connectivity index is 1.59. The number of rotatable bonds is 6. The molecular formula is C26H32F3N3O5. The Hall–Kier alpha value is -2.92. The molecule has 37 heavy (non-hydrogen) atoms. The molecule has 0 spiro atoms. The van der Waals surface area contributed by atoms with E-state index in [2.05, 4.69) is 10.2 Å². The molecule has 1 aromatic heterocycles. The van der Waals surface area contributed by atoms with Crippen LogP contribution in [0.4, 0.5) is 18.0 Å². The maximum absolute atomic E-state index is 13.3. The van der Waals surface area contributed by atoms with Crippen LogP contribution in [0, 0.1) is 0 Å². The van der Waals surface area contributed by atoms with Crippen molar-refractivity contribution in [2.75, 3.05) is 33.6 Å². The fraction of sp³-hybridized carbons (Fsp3) is 0.577. The summed E-state index contributed by atoms with van der Waals surface area (Å²) < 4.78 is 61.8. The Morgan fingerprint density at radius 3 is 2.62 bits per heavy atom. The van der Waals surface area contributed by atoms with Crippen LogP contribution in [0.3, 0.4) is 0 Å². The van der Waals surface area contributed by atoms with Gasteiger partial charge in [-0.1, -0.05) is 0 Å². The van der Waals surface area contributed by atoms with Crippen molar-refractivity contribution in [3.8, 4) is 17.0 Å². The molecule has 0 radical (unpaired) electrons. The molecule has 1 aliphatic heterocycles. The molecule has 2 heterocycles. The number of halogens is 3. The number of ether oxygens (including phenoxy) is 4. The van der Waals surface area contributed by atoms with E-state index < -0.39 is 17.3 Å². The minimum atomic E-state index is -4.51. The van der Waals surface area contributed by atoms with Crippen LogP contribution in [-0.2, 0) is 39.6 Å². The lowest BCUT2D eigenvalue weighted by molar-refractivity contribution is -0.137. The Kier molecular flexibility index (Phi) is 7.94. The number of carbonyl (C=O) groups excluding carboxylic acids is 1. The van der Waals surface area contributed by atoms with Crippen molar-refractivity contribution >= 4 is 6.09 Å². The summed E-state index contributed by atoms with van der Waals surface area (Å²) in [6, 6.07) is 3.36. The minimum Gasteiger partial charge on any atom is -0.467 e. The Morgan fingerprint density at radius 1 is 1.16 bits per heavy atom. The van der Waals surface area contributed by atoms with Crippen LogP contribution in [-0.4, -0.2) is 66.5 Å². The van der Waals surface area contributed by atoms with Gasteiger partial charge >= 0.3 is 12.3 Å². The van der Waals surface area contributed by atoms with Crippen LogP contribution < -0.4 is 4.74 Å². The number of fused-ring (bicyclic) bond motifs is 1. The number of hydrogen-bond donors (Lipinski definition) is 0. The smallest absolute Gasteiger partial charge is 0.416 e. The van der Waals surface area contributed by atoms with Crippen molar-refractivity contribution in [3.63, 3.8) is 0 Å². The highest BCUT2D eigenvalue weighted by atomic mass is 19.4. The molecule has 0 bridgehead atoms. The number of hydrogen-bond acceptors (Lipinski definition) is 7. The molecule has 1 aromatic carbocycles. The summed E-state index contributed by atoms with van der Waals surface area (Å²) in [5, 5.41) is 8.91. The Labute approximate surface area is 214 Å². The van der Waals surface area contributed by atoms with Gasteiger partial charge in [-0.05, 0) is 69.4 Å². The van der Waals surface area contributed by atoms with Gasteiger partial charge in [-0.15, -0.1) is 5.10 Å². The zero-order chi connectivity index (χ0) is 26.8. The summed E-state index contributed by atoms with van der Waals surface area (Å²) in [7, 11) is 1.40. The van der Waals surface area contributed by atoms with E-state index in [-0.39, 0.29) is 24.7 Å². The van der Waals surface area contributed by atoms with Crippen molar-refractivity contribution in [2.45, 2.75) is 64.3 Å². The molecule has 1 atom stereocenters. The van der Waals surface area contributed by atoms with Gasteiger partial charge in [0.05, 0.1) is 30.5 Å². The fourth-order valence-corrected chi connectivity index (χ4v) is 4.62. The van der Waals surface area contributed by atoms with E-state index in [0.717, 1.165) is 48.2 Å². The summed E-state index contributed by atoms with van der Waals surface area (Å²) in [4.78, 5) is 14.2. The summed E-state index contributed by atoms with van der Waals surface area (Å²) in [5.74, 6) is 0.0384. The van der Waals surface area contributed by atoms with Gasteiger partial charge in [0, 0.05) is 25.6 Å². The highest BCUT2D eigenvalue weighted by Crippen LogP contribution is 2.40. The topological polar surface area (TPSA) is 83.0 Å². The van der Waals surface area contributed by atoms with Crippen LogP contribution in [0.5, 0.6) is 5.75 Å². The molecule has 202 valence electrons. The molecule has 2 aromatic rings. The van der Waals surface area contributed by atoms with Gasteiger partial charge in [-0.3, -0.25) is 0 Å². The maximum Gasteiger partial charge on any atom is 0.416 e. The molecule has 4 rings (SSSR count). The fourth-order valence-electron chi connectivity index (χ4n) is 4.62. The van der Waals surface area contributed by atoms with Crippen molar-refractivity contribution < 1.29 is 36.9 Å². The summed E-state index contributed by atoms with van der Waals surface area (Å²) in [6.07, 6.45) is -2.29. The predicted molar refractivity (Wildman–Crippen MR) is 128 cm³/mol. The second kappa shape index (κ2) is 10.8. The predicted octanol–water partition coefficient (Wildman–Crippen LogP) is 4.81. The first-order valence-electron chi connectivity index (χ1n) is 12.3. The number of alkyl halides is 3. The average molecular weight is 524 g/mol. The van der Waals surface area contributed by atoms with Gasteiger partial charge in [-0.25, -0.2) is 4.79 Å². The lowest BCUT2D eigenvalue weighted by atomic mass is 9.98. The monoisotopic (exact) mass is 523 g/mol. The number of benzene rings is 1. The summed E-state index contributed by atoms with van der Waals surface area (Å²) in [6.45, 7) is 6.49. The van der Waals surface area contributed by atoms with Crippen molar-refractivity contribution in [1.29, 1.82) is 0 Å². The Morgan fingerprint density at radius 2 is 1.92 bits per heavy atom. The highest BCUT2D eigenvalue weighted by Gasteiger charge is 2.33. The second-order valence-electron chi connectivity index (χ2n) is 10.2. The van der Waals surface area contributed by atoms with E-state index in [1.165, 1.54) is 13.2 Å². The van der Waals surface area contributed by atoms with E-state index in [0.29, 0.717) is 37.4 Å². The standard InChI is InChI=1S/C26H32F3N3O5/c1-25(2,3)37-24(33)32-10-11-35-17(14-32)13-21-18-6-5-7-19(18)23(31-30-21)20-9-8-16(26(27,28)29)12-22(20)36-15-34-4/h8-9,12,17H,5-7,10-11,13-15H2,1-4H3. The van der Waals surface area contributed by atoms with Gasteiger partial charge < -0.3 is 23.8 Å². The number of aromatic nitrogens is 2. The van der Waals surface area contributed by atoms with Crippen LogP contribution in [0.15, 0.2) is 18.2 Å². The first kappa shape index (κ1) is 27.1. The molecule has 0 N–H and O–H groups in total. The third-order valence-corrected chi connectivity index (χ3v) is 6.23. The molecule has 1 amide bonds. The van der Waals surface area contributed by atoms with Gasteiger partial charge in [-0.2, -0.15) is 18.3 Å². The van der Waals surface area contributed by atoms with Crippen molar-refractivity contribution in [1.82, 2.24) is 15.1 Å². The summed E-state index contributed by atoms with van der Waals surface area (Å²) >= 11 is 0. The van der Waals surface area contributed by atoms with Crippen LogP contribution in [0.2, 0.25) is 0 Å². The summed E-state index contributed by atoms with van der Waals surface area (Å²) in [5.41, 5.74) is 2.30. The quantitative estimate of drug-likeness (QED) is 0.503. The van der Waals surface area contributed by atoms with E-state index in [4.69, 9.17) is 18.9 Å². The van der Waals surface area contributed by atoms with E-state index in [1.54, 1.807) is 4.90 Å². The second-order valence-corrected chi connectivity index (χ2v) is 10.2. The minimum absolute atomic E-state index is 0.0384. The highest BCUT2D eigenvalue weighted by molar-refractivity contribution is 5.72. The number of morpholine rings is 1. The van der Waals surface area contributed by atoms with E-state index in [9.17, 15) is 18.0 Å². The molecular weight excluding hydrogens is 491 g/mol. The van der Waals surface area contributed by atoms with Crippen molar-refractivity contribution in [3.05, 3.63) is 40.6 Å². The van der Waals surface area contributed by atoms with Crippen molar-refractivity contribution in [2.24, 2.45) is 0 Å². The molecule has 11 heteroatoms. The maximum atomic E-state index is 13.3. The molecule has 2 aliphatic rings. The van der Waals surface area contributed by atoms with Crippen LogP contribution >= 0.6 is 0 Å². The normalized spacial score (nSPS) is 18.0. The van der Waals surface area contributed by atoms with Crippen LogP contribution in [0.1, 0.15) is 49.6 Å². The molecule has 1 saturated heterocycles. The Bertz CT molecular complexity index is 1130. The zero-order valence-corrected chi connectivity index (χ0v) is 21.5. The van der Waals surface area contributed by atoms with Gasteiger partial charge in [0.2, 0.25) is 0 Å². The molecule has 1 aliphatic carbocycles. The largest absolute Gasteiger partial charge is 0.467 e. The van der Waals surface area contributed by atoms with Gasteiger partial charge in [0.15, 0.2) is 6.79 Å². The number of nitrogens with zero attached hydrogens (tertiary/aromatic N) is 3. The third kappa shape index (κ3) is 6.51. The van der Waals surface area contributed by atoms with Gasteiger partial charge in [0.1, 0.15) is 17.0 Å².